The van der Waals surface area contributed by atoms with Crippen LogP contribution in [0.2, 0.25) is 23.2 Å². The molecule has 4 atom stereocenters. The normalized spacial score (nSPS) is 15.9. The zero-order chi connectivity index (χ0) is 35.3. The van der Waals surface area contributed by atoms with Crippen LogP contribution >= 0.6 is 0 Å². The fraction of sp³-hybridized carbons (Fsp3) is 0.564. The van der Waals surface area contributed by atoms with Crippen LogP contribution in [0.4, 0.5) is 0 Å². The van der Waals surface area contributed by atoms with E-state index < -0.39 is 40.7 Å². The second-order valence-corrected chi connectivity index (χ2v) is 24.1. The Morgan fingerprint density at radius 1 is 0.872 bits per heavy atom. The summed E-state index contributed by atoms with van der Waals surface area (Å²) in [6.07, 6.45) is 8.15. The lowest BCUT2D eigenvalue weighted by Gasteiger charge is -2.45. The largest absolute Gasteiger partial charge is 0.463 e. The van der Waals surface area contributed by atoms with Gasteiger partial charge in [-0.3, -0.25) is 0 Å². The number of carbonyl (C=O) groups excluding carboxylic acids is 1. The minimum Gasteiger partial charge on any atom is -0.463 e. The van der Waals surface area contributed by atoms with Gasteiger partial charge in [0.25, 0.3) is 8.32 Å². The van der Waals surface area contributed by atoms with Crippen molar-refractivity contribution in [1.82, 2.24) is 0 Å². The van der Waals surface area contributed by atoms with Gasteiger partial charge >= 0.3 is 5.97 Å². The van der Waals surface area contributed by atoms with E-state index in [1.165, 1.54) is 16.4 Å². The number of allylic oxidation sites excluding steroid dienone is 1. The molecule has 0 aliphatic rings. The molecule has 0 spiro atoms. The van der Waals surface area contributed by atoms with Crippen molar-refractivity contribution in [1.29, 1.82) is 0 Å². The average Bonchev–Trinajstić information content (AvgIpc) is 3.01. The highest BCUT2D eigenvalue weighted by Gasteiger charge is 2.51. The molecule has 0 heterocycles. The second-order valence-electron chi connectivity index (χ2n) is 15.1. The van der Waals surface area contributed by atoms with E-state index >= 15 is 0 Å². The van der Waals surface area contributed by atoms with Crippen molar-refractivity contribution in [2.45, 2.75) is 123 Å². The summed E-state index contributed by atoms with van der Waals surface area (Å²) < 4.78 is 19.2. The molecule has 0 fully saturated rings. The Morgan fingerprint density at radius 3 is 1.87 bits per heavy atom. The number of aliphatic hydroxyl groups excluding tert-OH is 2. The van der Waals surface area contributed by atoms with Gasteiger partial charge < -0.3 is 23.8 Å². The molecule has 8 heteroatoms. The van der Waals surface area contributed by atoms with Crippen LogP contribution in [0.5, 0.6) is 0 Å². The third-order valence-corrected chi connectivity index (χ3v) is 19.1. The zero-order valence-corrected chi connectivity index (χ0v) is 32.7. The summed E-state index contributed by atoms with van der Waals surface area (Å²) in [5.74, 6) is -0.864. The number of hydrogen-bond donors (Lipinski definition) is 2. The van der Waals surface area contributed by atoms with Crippen LogP contribution in [0.15, 0.2) is 85.0 Å². The molecular formula is C39H62O6Si2. The highest BCUT2D eigenvalue weighted by molar-refractivity contribution is 6.99. The molecule has 2 N–H and O–H groups in total. The van der Waals surface area contributed by atoms with E-state index in [1.54, 1.807) is 13.0 Å². The van der Waals surface area contributed by atoms with Gasteiger partial charge in [0.05, 0.1) is 18.8 Å². The van der Waals surface area contributed by atoms with Gasteiger partial charge in [0.1, 0.15) is 0 Å². The molecule has 0 saturated heterocycles. The van der Waals surface area contributed by atoms with E-state index in [4.69, 9.17) is 13.6 Å². The summed E-state index contributed by atoms with van der Waals surface area (Å²) in [6, 6.07) is 21.2. The third kappa shape index (κ3) is 11.6. The predicted octanol–water partition coefficient (Wildman–Crippen LogP) is 7.55. The Labute approximate surface area is 287 Å². The van der Waals surface area contributed by atoms with E-state index in [9.17, 15) is 15.0 Å². The highest BCUT2D eigenvalue weighted by atomic mass is 28.4. The number of carbonyl (C=O) groups is 1. The van der Waals surface area contributed by atoms with Crippen LogP contribution in [0.3, 0.4) is 0 Å². The van der Waals surface area contributed by atoms with E-state index in [1.807, 2.05) is 25.1 Å². The average molecular weight is 683 g/mol. The van der Waals surface area contributed by atoms with Crippen LogP contribution in [0, 0.1) is 5.92 Å². The van der Waals surface area contributed by atoms with Gasteiger partial charge in [-0.25, -0.2) is 4.79 Å². The summed E-state index contributed by atoms with van der Waals surface area (Å²) in [4.78, 5) is 12.2. The van der Waals surface area contributed by atoms with Crippen molar-refractivity contribution >= 4 is 33.0 Å². The molecule has 2 aromatic carbocycles. The number of aliphatic hydroxyl groups is 2. The van der Waals surface area contributed by atoms with Gasteiger partial charge in [0.2, 0.25) is 0 Å². The highest BCUT2D eigenvalue weighted by Crippen LogP contribution is 2.40. The van der Waals surface area contributed by atoms with E-state index in [0.717, 1.165) is 6.42 Å². The van der Waals surface area contributed by atoms with Gasteiger partial charge in [-0.05, 0) is 79.2 Å². The van der Waals surface area contributed by atoms with E-state index in [-0.39, 0.29) is 22.8 Å². The first-order valence-corrected chi connectivity index (χ1v) is 22.1. The SMILES string of the molecule is C/C=C/C[C@H](CC[C@H](O)[C@H](CO)C[C@H](/C=C/C(=O)OCC)O[Si](C)(C)C(C)(C)C)O[Si](c1ccccc1)(c1ccccc1)C(C)(C)C. The number of rotatable bonds is 18. The van der Waals surface area contributed by atoms with Crippen LogP contribution in [-0.2, 0) is 18.4 Å². The molecule has 0 bridgehead atoms. The number of benzene rings is 2. The van der Waals surface area contributed by atoms with E-state index in [2.05, 4.69) is 109 Å². The fourth-order valence-corrected chi connectivity index (χ4v) is 11.8. The maximum absolute atomic E-state index is 12.2. The van der Waals surface area contributed by atoms with Gasteiger partial charge in [-0.2, -0.15) is 0 Å². The lowest BCUT2D eigenvalue weighted by molar-refractivity contribution is -0.137. The molecule has 0 aromatic heterocycles. The molecule has 0 aliphatic carbocycles. The zero-order valence-electron chi connectivity index (χ0n) is 30.7. The first-order valence-electron chi connectivity index (χ1n) is 17.2. The van der Waals surface area contributed by atoms with Crippen LogP contribution in [0.25, 0.3) is 0 Å². The Morgan fingerprint density at radius 2 is 1.43 bits per heavy atom. The van der Waals surface area contributed by atoms with Crippen molar-refractivity contribution in [2.24, 2.45) is 5.92 Å². The first-order chi connectivity index (χ1) is 22.0. The molecular weight excluding hydrogens is 621 g/mol. The summed E-state index contributed by atoms with van der Waals surface area (Å²) >= 11 is 0. The van der Waals surface area contributed by atoms with Crippen molar-refractivity contribution in [3.63, 3.8) is 0 Å². The number of ether oxygens (including phenoxy) is 1. The molecule has 0 radical (unpaired) electrons. The molecule has 6 nitrogen and oxygen atoms in total. The molecule has 47 heavy (non-hydrogen) atoms. The molecule has 262 valence electrons. The van der Waals surface area contributed by atoms with Gasteiger partial charge in [-0.15, -0.1) is 0 Å². The predicted molar refractivity (Wildman–Crippen MR) is 200 cm³/mol. The van der Waals surface area contributed by atoms with Gasteiger partial charge in [0.15, 0.2) is 8.32 Å². The minimum atomic E-state index is -2.80. The van der Waals surface area contributed by atoms with Crippen molar-refractivity contribution < 1.29 is 28.6 Å². The molecule has 0 amide bonds. The van der Waals surface area contributed by atoms with Crippen LogP contribution in [0.1, 0.15) is 81.1 Å². The number of hydrogen-bond acceptors (Lipinski definition) is 6. The number of esters is 1. The summed E-state index contributed by atoms with van der Waals surface area (Å²) in [5, 5.41) is 24.3. The lowest BCUT2D eigenvalue weighted by Crippen LogP contribution is -2.67. The Hall–Kier alpha value is -2.34. The first kappa shape index (κ1) is 40.8. The maximum Gasteiger partial charge on any atom is 0.330 e. The summed E-state index contributed by atoms with van der Waals surface area (Å²) in [6.45, 7) is 21.5. The second kappa shape index (κ2) is 18.4. The molecule has 2 rings (SSSR count). The Balaban J connectivity index is 2.39. The van der Waals surface area contributed by atoms with E-state index in [0.29, 0.717) is 25.9 Å². The Kier molecular flexibility index (Phi) is 16.0. The summed E-state index contributed by atoms with van der Waals surface area (Å²) in [5.41, 5.74) is 0. The Bertz CT molecular complexity index is 1210. The fourth-order valence-electron chi connectivity index (χ4n) is 5.80. The summed E-state index contributed by atoms with van der Waals surface area (Å²) in [7, 11) is -5.03. The maximum atomic E-state index is 12.2. The molecule has 0 unspecified atom stereocenters. The topological polar surface area (TPSA) is 85.2 Å². The van der Waals surface area contributed by atoms with Gasteiger partial charge in [-0.1, -0.05) is 114 Å². The standard InChI is InChI=1S/C39H62O6Si2/c1-11-13-20-32(45-47(39(6,7)8,34-21-16-14-17-22-34)35-23-18-15-19-24-35)25-27-36(41)31(30-40)29-33(26-28-37(42)43-12-2)44-46(9,10)38(3,4)5/h11,13-19,21-24,26,28,31-33,36,40-41H,12,20,25,27,29-30H2,1-10H3/b13-11+,28-26+/t31-,32+,33-,36-/m0/s1. The van der Waals surface area contributed by atoms with Crippen LogP contribution < -0.4 is 10.4 Å². The lowest BCUT2D eigenvalue weighted by atomic mass is 9.92. The van der Waals surface area contributed by atoms with Crippen molar-refractivity contribution in [3.8, 4) is 0 Å². The molecule has 0 aliphatic heterocycles. The third-order valence-electron chi connectivity index (χ3n) is 9.48. The minimum absolute atomic E-state index is 0.0470. The quantitative estimate of drug-likeness (QED) is 0.0732. The molecule has 2 aromatic rings. The smallest absolute Gasteiger partial charge is 0.330 e. The van der Waals surface area contributed by atoms with Crippen LogP contribution in [-0.4, -0.2) is 64.3 Å². The monoisotopic (exact) mass is 682 g/mol. The molecule has 0 saturated carbocycles. The van der Waals surface area contributed by atoms with Crippen molar-refractivity contribution in [2.75, 3.05) is 13.2 Å². The van der Waals surface area contributed by atoms with Gasteiger partial charge in [0, 0.05) is 24.7 Å². The van der Waals surface area contributed by atoms with Crippen molar-refractivity contribution in [3.05, 3.63) is 85.0 Å².